The standard InChI is InChI=1S/C17H22O6/c1-11-7-9-14(10-8-11)16(18)21-23-22-17(19)20-15-12(2)5-4-6-13(15)3/h7-10,12-13,15H,4-6H2,1-3H3. The third-order valence-electron chi connectivity index (χ3n) is 4.17. The molecular formula is C17H22O6. The van der Waals surface area contributed by atoms with Gasteiger partial charge in [-0.1, -0.05) is 38.0 Å². The molecule has 1 saturated carbocycles. The highest BCUT2D eigenvalue weighted by atomic mass is 17.5. The zero-order chi connectivity index (χ0) is 16.8. The molecule has 1 aromatic carbocycles. The van der Waals surface area contributed by atoms with Crippen LogP contribution in [-0.2, 0) is 19.6 Å². The molecule has 0 amide bonds. The van der Waals surface area contributed by atoms with Crippen LogP contribution in [0.1, 0.15) is 49.0 Å². The highest BCUT2D eigenvalue weighted by Crippen LogP contribution is 2.31. The number of carbonyl (C=O) groups is 2. The lowest BCUT2D eigenvalue weighted by atomic mass is 9.81. The molecule has 1 fully saturated rings. The molecule has 6 heteroatoms. The van der Waals surface area contributed by atoms with Crippen LogP contribution < -0.4 is 0 Å². The van der Waals surface area contributed by atoms with E-state index in [2.05, 4.69) is 14.8 Å². The van der Waals surface area contributed by atoms with Crippen molar-refractivity contribution in [2.24, 2.45) is 11.8 Å². The molecule has 0 N–H and O–H groups in total. The van der Waals surface area contributed by atoms with Crippen LogP contribution in [0, 0.1) is 18.8 Å². The van der Waals surface area contributed by atoms with Crippen LogP contribution in [0.4, 0.5) is 4.79 Å². The summed E-state index contributed by atoms with van der Waals surface area (Å²) in [5.41, 5.74) is 1.31. The Labute approximate surface area is 135 Å². The summed E-state index contributed by atoms with van der Waals surface area (Å²) < 4.78 is 5.24. The van der Waals surface area contributed by atoms with Crippen molar-refractivity contribution in [3.05, 3.63) is 35.4 Å². The van der Waals surface area contributed by atoms with Crippen molar-refractivity contribution in [2.75, 3.05) is 0 Å². The molecule has 0 aliphatic heterocycles. The molecule has 2 rings (SSSR count). The maximum absolute atomic E-state index is 11.7. The number of aryl methyl sites for hydroxylation is 1. The van der Waals surface area contributed by atoms with Crippen molar-refractivity contribution in [3.8, 4) is 0 Å². The molecular weight excluding hydrogens is 300 g/mol. The van der Waals surface area contributed by atoms with E-state index >= 15 is 0 Å². The van der Waals surface area contributed by atoms with Crippen molar-refractivity contribution in [1.29, 1.82) is 0 Å². The lowest BCUT2D eigenvalue weighted by molar-refractivity contribution is -0.453. The minimum absolute atomic E-state index is 0.215. The van der Waals surface area contributed by atoms with Crippen LogP contribution in [0.2, 0.25) is 0 Å². The van der Waals surface area contributed by atoms with Gasteiger partial charge in [0.15, 0.2) is 0 Å². The number of hydrogen-bond donors (Lipinski definition) is 0. The predicted octanol–water partition coefficient (Wildman–Crippen LogP) is 3.98. The van der Waals surface area contributed by atoms with E-state index in [1.165, 1.54) is 0 Å². The van der Waals surface area contributed by atoms with Crippen LogP contribution in [0.5, 0.6) is 0 Å². The smallest absolute Gasteiger partial charge is 0.428 e. The van der Waals surface area contributed by atoms with Gasteiger partial charge >= 0.3 is 12.1 Å². The van der Waals surface area contributed by atoms with Gasteiger partial charge in [-0.25, -0.2) is 14.5 Å². The van der Waals surface area contributed by atoms with Crippen LogP contribution in [-0.4, -0.2) is 18.2 Å². The van der Waals surface area contributed by atoms with Gasteiger partial charge in [0.05, 0.1) is 10.6 Å². The van der Waals surface area contributed by atoms with Gasteiger partial charge in [-0.2, -0.15) is 0 Å². The Bertz CT molecular complexity index is 529. The number of carbonyl (C=O) groups excluding carboxylic acids is 2. The van der Waals surface area contributed by atoms with Crippen molar-refractivity contribution in [3.63, 3.8) is 0 Å². The summed E-state index contributed by atoms with van der Waals surface area (Å²) in [4.78, 5) is 32.0. The number of ether oxygens (including phenoxy) is 1. The first-order valence-electron chi connectivity index (χ1n) is 7.80. The van der Waals surface area contributed by atoms with E-state index in [1.54, 1.807) is 24.3 Å². The van der Waals surface area contributed by atoms with Gasteiger partial charge in [-0.3, -0.25) is 4.89 Å². The Balaban J connectivity index is 1.74. The first kappa shape index (κ1) is 17.3. The third kappa shape index (κ3) is 4.96. The van der Waals surface area contributed by atoms with Crippen LogP contribution in [0.25, 0.3) is 0 Å². The summed E-state index contributed by atoms with van der Waals surface area (Å²) in [6.07, 6.45) is 1.92. The molecule has 0 heterocycles. The molecule has 126 valence electrons. The van der Waals surface area contributed by atoms with Gasteiger partial charge in [0, 0.05) is 0 Å². The molecule has 6 nitrogen and oxygen atoms in total. The Hall–Kier alpha value is -2.08. The first-order valence-corrected chi connectivity index (χ1v) is 7.80. The average molecular weight is 322 g/mol. The highest BCUT2D eigenvalue weighted by molar-refractivity contribution is 5.88. The molecule has 2 unspecified atom stereocenters. The SMILES string of the molecule is Cc1ccc(C(=O)OOOC(=O)OC2C(C)CCCC2C)cc1. The largest absolute Gasteiger partial charge is 0.543 e. The minimum Gasteiger partial charge on any atom is -0.428 e. The molecule has 0 bridgehead atoms. The molecule has 1 aromatic rings. The maximum Gasteiger partial charge on any atom is 0.543 e. The quantitative estimate of drug-likeness (QED) is 0.474. The van der Waals surface area contributed by atoms with Crippen LogP contribution >= 0.6 is 0 Å². The normalized spacial score (nSPS) is 23.9. The van der Waals surface area contributed by atoms with Gasteiger partial charge in [0.2, 0.25) is 0 Å². The summed E-state index contributed by atoms with van der Waals surface area (Å²) in [6, 6.07) is 6.70. The number of hydrogen-bond acceptors (Lipinski definition) is 6. The van der Waals surface area contributed by atoms with E-state index in [0.717, 1.165) is 24.8 Å². The molecule has 0 radical (unpaired) electrons. The lowest BCUT2D eigenvalue weighted by Crippen LogP contribution is -2.35. The predicted molar refractivity (Wildman–Crippen MR) is 81.2 cm³/mol. The monoisotopic (exact) mass is 322 g/mol. The van der Waals surface area contributed by atoms with Crippen molar-refractivity contribution < 1.29 is 29.1 Å². The molecule has 2 atom stereocenters. The first-order chi connectivity index (χ1) is 11.0. The summed E-state index contributed by atoms with van der Waals surface area (Å²) in [5.74, 6) is -0.222. The summed E-state index contributed by atoms with van der Waals surface area (Å²) in [6.45, 7) is 5.97. The summed E-state index contributed by atoms with van der Waals surface area (Å²) in [7, 11) is 0. The molecule has 1 aliphatic carbocycles. The van der Waals surface area contributed by atoms with Crippen LogP contribution in [0.15, 0.2) is 24.3 Å². The van der Waals surface area contributed by atoms with E-state index in [0.29, 0.717) is 5.56 Å². The topological polar surface area (TPSA) is 71.1 Å². The second-order valence-corrected chi connectivity index (χ2v) is 6.11. The zero-order valence-electron chi connectivity index (χ0n) is 13.6. The fourth-order valence-electron chi connectivity index (χ4n) is 2.83. The number of benzene rings is 1. The highest BCUT2D eigenvalue weighted by Gasteiger charge is 2.31. The zero-order valence-corrected chi connectivity index (χ0v) is 13.6. The summed E-state index contributed by atoms with van der Waals surface area (Å²) in [5, 5.41) is 4.23. The second-order valence-electron chi connectivity index (χ2n) is 6.11. The molecule has 0 aromatic heterocycles. The Morgan fingerprint density at radius 2 is 1.61 bits per heavy atom. The van der Waals surface area contributed by atoms with Crippen molar-refractivity contribution in [1.82, 2.24) is 0 Å². The van der Waals surface area contributed by atoms with Gasteiger partial charge in [0.1, 0.15) is 6.10 Å². The maximum atomic E-state index is 11.7. The molecule has 23 heavy (non-hydrogen) atoms. The fourth-order valence-corrected chi connectivity index (χ4v) is 2.83. The lowest BCUT2D eigenvalue weighted by Gasteiger charge is -2.32. The summed E-state index contributed by atoms with van der Waals surface area (Å²) >= 11 is 0. The fraction of sp³-hybridized carbons (Fsp3) is 0.529. The van der Waals surface area contributed by atoms with Crippen molar-refractivity contribution in [2.45, 2.75) is 46.1 Å². The average Bonchev–Trinajstić information content (AvgIpc) is 2.51. The van der Waals surface area contributed by atoms with Crippen molar-refractivity contribution >= 4 is 12.1 Å². The van der Waals surface area contributed by atoms with E-state index < -0.39 is 12.1 Å². The molecule has 0 saturated heterocycles. The second kappa shape index (κ2) is 7.97. The van der Waals surface area contributed by atoms with Gasteiger partial charge < -0.3 is 4.74 Å². The van der Waals surface area contributed by atoms with E-state index in [1.807, 2.05) is 20.8 Å². The van der Waals surface area contributed by atoms with E-state index in [-0.39, 0.29) is 17.9 Å². The molecule has 0 spiro atoms. The van der Waals surface area contributed by atoms with E-state index in [4.69, 9.17) is 4.74 Å². The molecule has 1 aliphatic rings. The third-order valence-corrected chi connectivity index (χ3v) is 4.17. The minimum atomic E-state index is -1.01. The van der Waals surface area contributed by atoms with E-state index in [9.17, 15) is 9.59 Å². The van der Waals surface area contributed by atoms with Gasteiger partial charge in [-0.05, 0) is 43.7 Å². The Morgan fingerprint density at radius 3 is 2.22 bits per heavy atom. The van der Waals surface area contributed by atoms with Gasteiger partial charge in [0.25, 0.3) is 0 Å². The van der Waals surface area contributed by atoms with Gasteiger partial charge in [-0.15, -0.1) is 0 Å². The number of rotatable bonds is 4. The Kier molecular flexibility index (Phi) is 5.98. The Morgan fingerprint density at radius 1 is 1.00 bits per heavy atom. The van der Waals surface area contributed by atoms with Crippen LogP contribution in [0.3, 0.4) is 0 Å².